The highest BCUT2D eigenvalue weighted by Gasteiger charge is 2.43. The Kier molecular flexibility index (Phi) is 14.5. The van der Waals surface area contributed by atoms with Gasteiger partial charge in [0.1, 0.15) is 53.0 Å². The summed E-state index contributed by atoms with van der Waals surface area (Å²) < 4.78 is 11.1. The number of likely N-dealkylation sites (tertiary alicyclic amines) is 1. The smallest absolute Gasteiger partial charge is 0.342 e. The van der Waals surface area contributed by atoms with E-state index >= 15 is 0 Å². The molecule has 49 heavy (non-hydrogen) atoms. The molecule has 0 spiro atoms. The minimum Gasteiger partial charge on any atom is -0.508 e. The number of cyclic esters (lactones) is 1. The van der Waals surface area contributed by atoms with Gasteiger partial charge in [-0.2, -0.15) is 0 Å². The average Bonchev–Trinajstić information content (AvgIpc) is 3.06. The van der Waals surface area contributed by atoms with Crippen LogP contribution in [0.15, 0.2) is 29.4 Å². The van der Waals surface area contributed by atoms with Gasteiger partial charge in [-0.3, -0.25) is 9.59 Å². The van der Waals surface area contributed by atoms with E-state index in [1.165, 1.54) is 6.07 Å². The molecule has 3 aliphatic heterocycles. The van der Waals surface area contributed by atoms with Crippen LogP contribution in [0.4, 0.5) is 0 Å². The van der Waals surface area contributed by atoms with E-state index in [0.717, 1.165) is 37.1 Å². The Morgan fingerprint density at radius 1 is 1.08 bits per heavy atom. The number of hydrogen-bond acceptors (Lipinski definition) is 14. The number of esters is 1. The van der Waals surface area contributed by atoms with Gasteiger partial charge >= 0.3 is 5.97 Å². The van der Waals surface area contributed by atoms with Crippen LogP contribution < -0.4 is 5.32 Å². The van der Waals surface area contributed by atoms with Crippen molar-refractivity contribution in [1.82, 2.24) is 10.2 Å². The standard InChI is InChI=1S/C33H47N3O12S/c1-19-7-5-8-21(34-26(40)18-49-33-31(44)30(43)29(42)25(16-37)48-33)9-6-10-22(35-46-17-27(41)36-11-3-2-4-12-36)13-20-14-23(38)15-24(39)28(20)32(45)47-19/h5,8,14-15,19,21,25,29-31,33,37-39,42-44H,2-4,6-7,9-13,16-18H2,1H3,(H,34,40). The molecule has 7 N–H and O–H groups in total. The second-order valence-corrected chi connectivity index (χ2v) is 13.6. The fourth-order valence-electron chi connectivity index (χ4n) is 5.92. The van der Waals surface area contributed by atoms with Crippen LogP contribution in [0.3, 0.4) is 0 Å². The van der Waals surface area contributed by atoms with Gasteiger partial charge in [-0.05, 0) is 57.1 Å². The van der Waals surface area contributed by atoms with Gasteiger partial charge in [0, 0.05) is 38.0 Å². The summed E-state index contributed by atoms with van der Waals surface area (Å²) in [6, 6.07) is 1.94. The Morgan fingerprint density at radius 2 is 1.84 bits per heavy atom. The van der Waals surface area contributed by atoms with E-state index < -0.39 is 66.2 Å². The van der Waals surface area contributed by atoms with E-state index in [1.54, 1.807) is 24.0 Å². The van der Waals surface area contributed by atoms with Crippen molar-refractivity contribution in [3.63, 3.8) is 0 Å². The molecule has 2 saturated heterocycles. The van der Waals surface area contributed by atoms with Crippen molar-refractivity contribution in [2.24, 2.45) is 5.16 Å². The number of oxime groups is 1. The van der Waals surface area contributed by atoms with Crippen molar-refractivity contribution >= 4 is 35.3 Å². The highest BCUT2D eigenvalue weighted by molar-refractivity contribution is 8.00. The Morgan fingerprint density at radius 3 is 2.57 bits per heavy atom. The molecule has 16 heteroatoms. The molecule has 0 bridgehead atoms. The summed E-state index contributed by atoms with van der Waals surface area (Å²) in [5.74, 6) is -2.23. The molecule has 1 aromatic carbocycles. The number of phenolic OH excluding ortho intramolecular Hbond substituents is 2. The number of piperidine rings is 1. The van der Waals surface area contributed by atoms with Crippen LogP contribution in [0, 0.1) is 0 Å². The molecule has 3 aliphatic rings. The zero-order chi connectivity index (χ0) is 35.5. The number of fused-ring (bicyclic) bond motifs is 1. The maximum Gasteiger partial charge on any atom is 0.342 e. The average molecular weight is 710 g/mol. The summed E-state index contributed by atoms with van der Waals surface area (Å²) in [6.45, 7) is 2.15. The van der Waals surface area contributed by atoms with Gasteiger partial charge in [-0.25, -0.2) is 4.79 Å². The number of phenols is 2. The number of carbonyl (C=O) groups excluding carboxylic acids is 3. The summed E-state index contributed by atoms with van der Waals surface area (Å²) in [5.41, 5.74) is -0.464. The van der Waals surface area contributed by atoms with E-state index in [-0.39, 0.29) is 41.6 Å². The number of amides is 2. The molecule has 0 saturated carbocycles. The number of hydrogen-bond donors (Lipinski definition) is 7. The zero-order valence-corrected chi connectivity index (χ0v) is 28.3. The quantitative estimate of drug-likeness (QED) is 0.112. The lowest BCUT2D eigenvalue weighted by molar-refractivity contribution is -0.205. The monoisotopic (exact) mass is 709 g/mol. The number of ether oxygens (including phenoxy) is 2. The van der Waals surface area contributed by atoms with E-state index in [1.807, 2.05) is 0 Å². The highest BCUT2D eigenvalue weighted by atomic mass is 32.2. The summed E-state index contributed by atoms with van der Waals surface area (Å²) in [6.07, 6.45) is 1.81. The molecule has 0 aromatic heterocycles. The number of benzene rings is 1. The van der Waals surface area contributed by atoms with Crippen molar-refractivity contribution in [1.29, 1.82) is 0 Å². The summed E-state index contributed by atoms with van der Waals surface area (Å²) in [5, 5.41) is 67.8. The number of rotatable bonds is 8. The molecule has 4 rings (SSSR count). The van der Waals surface area contributed by atoms with E-state index in [4.69, 9.17) is 14.3 Å². The number of aromatic hydroxyl groups is 2. The minimum atomic E-state index is -1.55. The number of thioether (sulfide) groups is 1. The molecular formula is C33H47N3O12S. The van der Waals surface area contributed by atoms with Crippen LogP contribution >= 0.6 is 11.8 Å². The minimum absolute atomic E-state index is 0.00127. The van der Waals surface area contributed by atoms with Gasteiger partial charge in [-0.1, -0.05) is 17.3 Å². The first-order valence-corrected chi connectivity index (χ1v) is 17.6. The van der Waals surface area contributed by atoms with Gasteiger partial charge in [0.15, 0.2) is 6.61 Å². The van der Waals surface area contributed by atoms with E-state index in [9.17, 15) is 45.0 Å². The predicted molar refractivity (Wildman–Crippen MR) is 178 cm³/mol. The zero-order valence-electron chi connectivity index (χ0n) is 27.5. The lowest BCUT2D eigenvalue weighted by Gasteiger charge is -2.39. The molecule has 15 nitrogen and oxygen atoms in total. The molecule has 272 valence electrons. The second-order valence-electron chi connectivity index (χ2n) is 12.5. The van der Waals surface area contributed by atoms with Gasteiger partial charge < -0.3 is 55.2 Å². The van der Waals surface area contributed by atoms with E-state index in [2.05, 4.69) is 10.5 Å². The summed E-state index contributed by atoms with van der Waals surface area (Å²) in [4.78, 5) is 46.0. The first-order chi connectivity index (χ1) is 23.5. The fourth-order valence-corrected chi connectivity index (χ4v) is 6.90. The maximum atomic E-state index is 13.2. The Hall–Kier alpha value is -3.41. The maximum absolute atomic E-state index is 13.2. The number of aliphatic hydroxyl groups is 4. The Labute approximate surface area is 288 Å². The first-order valence-electron chi connectivity index (χ1n) is 16.6. The van der Waals surface area contributed by atoms with Crippen LogP contribution in [-0.4, -0.2) is 133 Å². The number of aliphatic hydroxyl groups excluding tert-OH is 4. The lowest BCUT2D eigenvalue weighted by atomic mass is 9.97. The van der Waals surface area contributed by atoms with Gasteiger partial charge in [0.25, 0.3) is 5.91 Å². The van der Waals surface area contributed by atoms with Crippen molar-refractivity contribution in [2.45, 2.75) is 100 Å². The topological polar surface area (TPSA) is 228 Å². The molecule has 1 aromatic rings. The van der Waals surface area contributed by atoms with E-state index in [0.29, 0.717) is 44.5 Å². The molecule has 3 heterocycles. The third-order valence-corrected chi connectivity index (χ3v) is 9.72. The molecule has 0 radical (unpaired) electrons. The number of carbonyl (C=O) groups is 3. The highest BCUT2D eigenvalue weighted by Crippen LogP contribution is 2.31. The first kappa shape index (κ1) is 38.4. The molecule has 2 fully saturated rings. The van der Waals surface area contributed by atoms with Gasteiger partial charge in [0.2, 0.25) is 5.91 Å². The third-order valence-electron chi connectivity index (χ3n) is 8.57. The lowest BCUT2D eigenvalue weighted by Crippen LogP contribution is -2.57. The number of nitrogens with one attached hydrogen (secondary N) is 1. The number of nitrogens with zero attached hydrogens (tertiary/aromatic N) is 2. The van der Waals surface area contributed by atoms with Gasteiger partial charge in [-0.15, -0.1) is 11.8 Å². The molecular weight excluding hydrogens is 662 g/mol. The van der Waals surface area contributed by atoms with Crippen molar-refractivity contribution in [2.75, 3.05) is 32.1 Å². The molecule has 0 aliphatic carbocycles. The van der Waals surface area contributed by atoms with Gasteiger partial charge in [0.05, 0.1) is 18.1 Å². The SMILES string of the molecule is CC1CC=CC(NC(=O)CSC2OC(CO)C(O)C(O)C2O)CCCC(=NOCC(=O)N2CCCCC2)Cc2cc(O)cc(O)c2C(=O)O1. The molecule has 7 unspecified atom stereocenters. The van der Waals surface area contributed by atoms with Crippen molar-refractivity contribution < 1.29 is 59.3 Å². The van der Waals surface area contributed by atoms with Crippen molar-refractivity contribution in [3.05, 3.63) is 35.4 Å². The largest absolute Gasteiger partial charge is 0.508 e. The predicted octanol–water partition coefficient (Wildman–Crippen LogP) is 0.719. The fraction of sp³-hybridized carbons (Fsp3) is 0.636. The second kappa shape index (κ2) is 18.5. The summed E-state index contributed by atoms with van der Waals surface area (Å²) >= 11 is 0.918. The van der Waals surface area contributed by atoms with Crippen LogP contribution in [0.1, 0.15) is 67.8 Å². The molecule has 2 amide bonds. The van der Waals surface area contributed by atoms with Crippen LogP contribution in [0.25, 0.3) is 0 Å². The van der Waals surface area contributed by atoms with Crippen LogP contribution in [0.5, 0.6) is 11.5 Å². The Bertz CT molecular complexity index is 1350. The normalized spacial score (nSPS) is 29.4. The molecule has 7 atom stereocenters. The van der Waals surface area contributed by atoms with Crippen molar-refractivity contribution in [3.8, 4) is 11.5 Å². The Balaban J connectivity index is 1.46. The van der Waals surface area contributed by atoms with Crippen LogP contribution in [0.2, 0.25) is 0 Å². The third kappa shape index (κ3) is 11.0. The van der Waals surface area contributed by atoms with Crippen LogP contribution in [-0.2, 0) is 30.3 Å². The summed E-state index contributed by atoms with van der Waals surface area (Å²) in [7, 11) is 0.